The number of hydrazine groups is 1. The van der Waals surface area contributed by atoms with Gasteiger partial charge in [-0.05, 0) is 0 Å². The van der Waals surface area contributed by atoms with Crippen molar-refractivity contribution < 1.29 is 4.79 Å². The van der Waals surface area contributed by atoms with Crippen molar-refractivity contribution in [3.05, 3.63) is 16.7 Å². The summed E-state index contributed by atoms with van der Waals surface area (Å²) in [4.78, 5) is 24.7. The zero-order valence-electron chi connectivity index (χ0n) is 6.57. The average Bonchev–Trinajstić information content (AvgIpc) is 2.14. The van der Waals surface area contributed by atoms with Crippen LogP contribution >= 0.6 is 0 Å². The highest BCUT2D eigenvalue weighted by molar-refractivity contribution is 5.79. The SMILES string of the molecule is NNC(=O)CNc1cn[nH]c(=O)n1. The minimum absolute atomic E-state index is 0.0609. The maximum atomic E-state index is 10.6. The monoisotopic (exact) mass is 184 g/mol. The quantitative estimate of drug-likeness (QED) is 0.235. The van der Waals surface area contributed by atoms with Gasteiger partial charge in [0.25, 0.3) is 5.91 Å². The summed E-state index contributed by atoms with van der Waals surface area (Å²) in [6.07, 6.45) is 1.28. The van der Waals surface area contributed by atoms with Crippen LogP contribution in [-0.2, 0) is 4.79 Å². The molecule has 0 unspecified atom stereocenters. The van der Waals surface area contributed by atoms with Gasteiger partial charge in [-0.2, -0.15) is 10.1 Å². The Balaban J connectivity index is 2.55. The topological polar surface area (TPSA) is 126 Å². The zero-order chi connectivity index (χ0) is 9.68. The number of rotatable bonds is 3. The Morgan fingerprint density at radius 2 is 2.46 bits per heavy atom. The van der Waals surface area contributed by atoms with E-state index in [4.69, 9.17) is 5.84 Å². The van der Waals surface area contributed by atoms with Crippen molar-refractivity contribution in [1.29, 1.82) is 0 Å². The number of anilines is 1. The summed E-state index contributed by atoms with van der Waals surface area (Å²) in [6.45, 7) is -0.0609. The number of nitrogens with zero attached hydrogens (tertiary/aromatic N) is 2. The predicted octanol–water partition coefficient (Wildman–Crippen LogP) is -2.43. The Labute approximate surface area is 72.5 Å². The van der Waals surface area contributed by atoms with Crippen molar-refractivity contribution in [2.45, 2.75) is 0 Å². The molecule has 1 rings (SSSR count). The fourth-order valence-corrected chi connectivity index (χ4v) is 0.619. The van der Waals surface area contributed by atoms with Gasteiger partial charge in [0.05, 0.1) is 12.7 Å². The molecular weight excluding hydrogens is 176 g/mol. The summed E-state index contributed by atoms with van der Waals surface area (Å²) in [5.41, 5.74) is 1.33. The predicted molar refractivity (Wildman–Crippen MR) is 43.5 cm³/mol. The Morgan fingerprint density at radius 3 is 3.08 bits per heavy atom. The van der Waals surface area contributed by atoms with E-state index < -0.39 is 11.6 Å². The number of carbonyl (C=O) groups excluding carboxylic acids is 1. The molecule has 8 heteroatoms. The summed E-state index contributed by atoms with van der Waals surface area (Å²) in [6, 6.07) is 0. The smallest absolute Gasteiger partial charge is 0.359 e. The van der Waals surface area contributed by atoms with Gasteiger partial charge in [0.15, 0.2) is 5.82 Å². The molecule has 0 aliphatic rings. The first-order valence-corrected chi connectivity index (χ1v) is 3.37. The maximum Gasteiger partial charge on any atom is 0.363 e. The number of amides is 1. The lowest BCUT2D eigenvalue weighted by atomic mass is 10.6. The number of H-pyrrole nitrogens is 1. The normalized spacial score (nSPS) is 9.31. The van der Waals surface area contributed by atoms with Gasteiger partial charge in [-0.25, -0.2) is 15.7 Å². The molecule has 0 aliphatic heterocycles. The summed E-state index contributed by atoms with van der Waals surface area (Å²) in [5, 5.41) is 8.10. The highest BCUT2D eigenvalue weighted by Gasteiger charge is 1.99. The number of aromatic amines is 1. The van der Waals surface area contributed by atoms with E-state index >= 15 is 0 Å². The van der Waals surface area contributed by atoms with Crippen molar-refractivity contribution in [3.63, 3.8) is 0 Å². The number of nitrogens with two attached hydrogens (primary N) is 1. The Morgan fingerprint density at radius 1 is 1.69 bits per heavy atom. The average molecular weight is 184 g/mol. The van der Waals surface area contributed by atoms with Crippen LogP contribution in [0.25, 0.3) is 0 Å². The highest BCUT2D eigenvalue weighted by atomic mass is 16.2. The molecule has 0 atom stereocenters. The molecular formula is C5H8N6O2. The molecule has 1 heterocycles. The van der Waals surface area contributed by atoms with Gasteiger partial charge in [0, 0.05) is 0 Å². The number of hydrogen-bond acceptors (Lipinski definition) is 6. The van der Waals surface area contributed by atoms with E-state index in [1.54, 1.807) is 0 Å². The highest BCUT2D eigenvalue weighted by Crippen LogP contribution is 1.90. The van der Waals surface area contributed by atoms with E-state index in [-0.39, 0.29) is 12.4 Å². The molecule has 0 fully saturated rings. The zero-order valence-corrected chi connectivity index (χ0v) is 6.57. The van der Waals surface area contributed by atoms with Crippen molar-refractivity contribution in [3.8, 4) is 0 Å². The first-order valence-electron chi connectivity index (χ1n) is 3.37. The van der Waals surface area contributed by atoms with Gasteiger partial charge >= 0.3 is 5.69 Å². The molecule has 0 spiro atoms. The molecule has 0 saturated heterocycles. The van der Waals surface area contributed by atoms with Crippen LogP contribution in [0.2, 0.25) is 0 Å². The van der Waals surface area contributed by atoms with Crippen LogP contribution in [0.4, 0.5) is 5.82 Å². The minimum atomic E-state index is -0.585. The lowest BCUT2D eigenvalue weighted by molar-refractivity contribution is -0.119. The third-order valence-corrected chi connectivity index (χ3v) is 1.16. The van der Waals surface area contributed by atoms with Crippen molar-refractivity contribution in [1.82, 2.24) is 20.6 Å². The molecule has 8 nitrogen and oxygen atoms in total. The fourth-order valence-electron chi connectivity index (χ4n) is 0.619. The first kappa shape index (κ1) is 9.13. The largest absolute Gasteiger partial charge is 0.363 e. The van der Waals surface area contributed by atoms with E-state index in [1.165, 1.54) is 6.20 Å². The number of aromatic nitrogens is 3. The fraction of sp³-hybridized carbons (Fsp3) is 0.200. The van der Waals surface area contributed by atoms with Crippen LogP contribution in [0, 0.1) is 0 Å². The Kier molecular flexibility index (Phi) is 2.92. The van der Waals surface area contributed by atoms with Crippen molar-refractivity contribution >= 4 is 11.7 Å². The third-order valence-electron chi connectivity index (χ3n) is 1.16. The molecule has 1 aromatic rings. The van der Waals surface area contributed by atoms with Crippen LogP contribution in [0.3, 0.4) is 0 Å². The van der Waals surface area contributed by atoms with E-state index in [0.29, 0.717) is 0 Å². The first-order chi connectivity index (χ1) is 6.22. The summed E-state index contributed by atoms with van der Waals surface area (Å²) < 4.78 is 0. The van der Waals surface area contributed by atoms with Crippen molar-refractivity contribution in [2.75, 3.05) is 11.9 Å². The summed E-state index contributed by atoms with van der Waals surface area (Å²) >= 11 is 0. The molecule has 0 saturated carbocycles. The molecule has 1 aromatic heterocycles. The van der Waals surface area contributed by atoms with Crippen LogP contribution in [0.1, 0.15) is 0 Å². The van der Waals surface area contributed by atoms with Crippen LogP contribution < -0.4 is 22.3 Å². The lowest BCUT2D eigenvalue weighted by Gasteiger charge is -2.01. The van der Waals surface area contributed by atoms with Gasteiger partial charge in [0.2, 0.25) is 0 Å². The van der Waals surface area contributed by atoms with E-state index in [1.807, 2.05) is 5.43 Å². The van der Waals surface area contributed by atoms with Gasteiger partial charge < -0.3 is 5.32 Å². The van der Waals surface area contributed by atoms with E-state index in [0.717, 1.165) is 0 Å². The van der Waals surface area contributed by atoms with Crippen LogP contribution in [-0.4, -0.2) is 27.6 Å². The van der Waals surface area contributed by atoms with Gasteiger partial charge in [0.1, 0.15) is 0 Å². The van der Waals surface area contributed by atoms with Gasteiger partial charge in [-0.1, -0.05) is 0 Å². The van der Waals surface area contributed by atoms with E-state index in [9.17, 15) is 9.59 Å². The lowest BCUT2D eigenvalue weighted by Crippen LogP contribution is -2.35. The minimum Gasteiger partial charge on any atom is -0.359 e. The molecule has 70 valence electrons. The number of hydrogen-bond donors (Lipinski definition) is 4. The number of nitrogens with one attached hydrogen (secondary N) is 3. The van der Waals surface area contributed by atoms with Crippen molar-refractivity contribution in [2.24, 2.45) is 5.84 Å². The Bertz CT molecular complexity index is 347. The van der Waals surface area contributed by atoms with Crippen LogP contribution in [0.5, 0.6) is 0 Å². The molecule has 0 aliphatic carbocycles. The molecule has 0 radical (unpaired) electrons. The van der Waals surface area contributed by atoms with Gasteiger partial charge in [-0.15, -0.1) is 0 Å². The molecule has 5 N–H and O–H groups in total. The molecule has 13 heavy (non-hydrogen) atoms. The molecule has 0 bridgehead atoms. The molecule has 1 amide bonds. The van der Waals surface area contributed by atoms with Crippen LogP contribution in [0.15, 0.2) is 11.0 Å². The summed E-state index contributed by atoms with van der Waals surface area (Å²) in [7, 11) is 0. The van der Waals surface area contributed by atoms with E-state index in [2.05, 4.69) is 20.5 Å². The second kappa shape index (κ2) is 4.16. The second-order valence-electron chi connectivity index (χ2n) is 2.09. The van der Waals surface area contributed by atoms with Gasteiger partial charge in [-0.3, -0.25) is 10.2 Å². The standard InChI is InChI=1S/C5H8N6O2/c6-10-4(12)2-7-3-1-8-11-5(13)9-3/h1H,2,6H2,(H,10,12)(H2,7,9,11,13). The maximum absolute atomic E-state index is 10.6. The third kappa shape index (κ3) is 2.87. The molecule has 0 aromatic carbocycles. The Hall–Kier alpha value is -1.96. The number of carbonyl (C=O) groups is 1. The second-order valence-corrected chi connectivity index (χ2v) is 2.09. The summed E-state index contributed by atoms with van der Waals surface area (Å²) in [5.74, 6) is 4.62.